The minimum atomic E-state index is -3.81. The largest absolute Gasteiger partial charge is 0.302 e. The second kappa shape index (κ2) is 6.61. The van der Waals surface area contributed by atoms with Crippen molar-refractivity contribution < 1.29 is 22.5 Å². The molecule has 1 atom stereocenters. The highest BCUT2D eigenvalue weighted by molar-refractivity contribution is 9.10. The second-order valence-corrected chi connectivity index (χ2v) is 5.63. The Bertz CT molecular complexity index is 725. The Labute approximate surface area is 136 Å². The van der Waals surface area contributed by atoms with Gasteiger partial charge in [0, 0.05) is 27.2 Å². The van der Waals surface area contributed by atoms with Crippen molar-refractivity contribution in [2.45, 2.75) is 11.8 Å². The molecule has 1 heterocycles. The molecular weight excluding hydrogens is 384 g/mol. The first-order valence-corrected chi connectivity index (χ1v) is 7.07. The lowest BCUT2D eigenvalue weighted by atomic mass is 9.89. The van der Waals surface area contributed by atoms with Crippen molar-refractivity contribution in [1.82, 2.24) is 4.98 Å². The molecule has 0 fully saturated rings. The molecule has 23 heavy (non-hydrogen) atoms. The zero-order chi connectivity index (χ0) is 17.2. The molecular formula is C14H9BrF4N2O2. The summed E-state index contributed by atoms with van der Waals surface area (Å²) in [4.78, 5) is 13.3. The van der Waals surface area contributed by atoms with Gasteiger partial charge in [0.2, 0.25) is 6.54 Å². The predicted octanol–water partition coefficient (Wildman–Crippen LogP) is 4.27. The topological polar surface area (TPSA) is 56.0 Å². The van der Waals surface area contributed by atoms with E-state index in [2.05, 4.69) is 20.9 Å². The number of benzene rings is 1. The van der Waals surface area contributed by atoms with Gasteiger partial charge < -0.3 is 0 Å². The summed E-state index contributed by atoms with van der Waals surface area (Å²) in [5.41, 5.74) is -1.38. The van der Waals surface area contributed by atoms with Crippen LogP contribution in [-0.2, 0) is 5.92 Å². The average molecular weight is 393 g/mol. The number of nitro groups is 1. The van der Waals surface area contributed by atoms with Gasteiger partial charge in [-0.3, -0.25) is 15.1 Å². The van der Waals surface area contributed by atoms with Crippen LogP contribution in [0.5, 0.6) is 0 Å². The van der Waals surface area contributed by atoms with Crippen LogP contribution < -0.4 is 0 Å². The van der Waals surface area contributed by atoms with Gasteiger partial charge in [-0.1, -0.05) is 6.07 Å². The van der Waals surface area contributed by atoms with Crippen LogP contribution >= 0.6 is 15.9 Å². The summed E-state index contributed by atoms with van der Waals surface area (Å²) in [5.74, 6) is -8.16. The molecule has 0 amide bonds. The maximum absolute atomic E-state index is 14.6. The van der Waals surface area contributed by atoms with Crippen LogP contribution in [0.3, 0.4) is 0 Å². The van der Waals surface area contributed by atoms with Crippen molar-refractivity contribution in [2.24, 2.45) is 0 Å². The molecule has 0 radical (unpaired) electrons. The van der Waals surface area contributed by atoms with E-state index >= 15 is 0 Å². The molecule has 0 aliphatic rings. The van der Waals surface area contributed by atoms with E-state index in [1.807, 2.05) is 0 Å². The first-order chi connectivity index (χ1) is 10.7. The first-order valence-electron chi connectivity index (χ1n) is 6.28. The van der Waals surface area contributed by atoms with Crippen molar-refractivity contribution in [3.8, 4) is 0 Å². The summed E-state index contributed by atoms with van der Waals surface area (Å²) >= 11 is 3.04. The first kappa shape index (κ1) is 17.3. The Morgan fingerprint density at radius 2 is 1.96 bits per heavy atom. The Morgan fingerprint density at radius 3 is 2.48 bits per heavy atom. The number of alkyl halides is 2. The third-order valence-corrected chi connectivity index (χ3v) is 3.65. The van der Waals surface area contributed by atoms with Gasteiger partial charge in [0.15, 0.2) is 0 Å². The maximum atomic E-state index is 14.6. The fraction of sp³-hybridized carbons (Fsp3) is 0.214. The summed E-state index contributed by atoms with van der Waals surface area (Å²) in [7, 11) is 0. The summed E-state index contributed by atoms with van der Waals surface area (Å²) < 4.78 is 56.5. The van der Waals surface area contributed by atoms with Crippen LogP contribution in [-0.4, -0.2) is 16.5 Å². The SMILES string of the molecule is O=[N+]([O-])CC(c1ccc(F)cc1F)C(F)(F)c1ccc(Br)cn1. The van der Waals surface area contributed by atoms with Gasteiger partial charge in [0.25, 0.3) is 0 Å². The lowest BCUT2D eigenvalue weighted by molar-refractivity contribution is -0.488. The lowest BCUT2D eigenvalue weighted by Crippen LogP contribution is -2.31. The Morgan fingerprint density at radius 1 is 1.26 bits per heavy atom. The highest BCUT2D eigenvalue weighted by Crippen LogP contribution is 2.42. The second-order valence-electron chi connectivity index (χ2n) is 4.72. The van der Waals surface area contributed by atoms with E-state index in [0.717, 1.165) is 24.4 Å². The van der Waals surface area contributed by atoms with Crippen molar-refractivity contribution in [3.05, 3.63) is 74.0 Å². The molecule has 1 aromatic heterocycles. The minimum absolute atomic E-state index is 0.410. The zero-order valence-electron chi connectivity index (χ0n) is 11.3. The predicted molar refractivity (Wildman–Crippen MR) is 76.8 cm³/mol. The zero-order valence-corrected chi connectivity index (χ0v) is 12.9. The monoisotopic (exact) mass is 392 g/mol. The van der Waals surface area contributed by atoms with Crippen molar-refractivity contribution in [1.29, 1.82) is 0 Å². The summed E-state index contributed by atoms with van der Waals surface area (Å²) in [6, 6.07) is 4.24. The standard InChI is InChI=1S/C14H9BrF4N2O2/c15-8-1-4-13(20-6-8)14(18,19)11(7-21(22)23)10-3-2-9(16)5-12(10)17/h1-6,11H,7H2. The Kier molecular flexibility index (Phi) is 4.98. The molecule has 2 rings (SSSR count). The molecule has 0 saturated heterocycles. The highest BCUT2D eigenvalue weighted by Gasteiger charge is 2.47. The number of halogens is 5. The molecule has 4 nitrogen and oxygen atoms in total. The summed E-state index contributed by atoms with van der Waals surface area (Å²) in [6.07, 6.45) is 1.10. The van der Waals surface area contributed by atoms with Crippen LogP contribution in [0, 0.1) is 21.7 Å². The van der Waals surface area contributed by atoms with Gasteiger partial charge in [-0.25, -0.2) is 8.78 Å². The molecule has 1 unspecified atom stereocenters. The molecule has 9 heteroatoms. The molecule has 0 aliphatic heterocycles. The van der Waals surface area contributed by atoms with Gasteiger partial charge in [-0.2, -0.15) is 8.78 Å². The maximum Gasteiger partial charge on any atom is 0.302 e. The fourth-order valence-corrected chi connectivity index (χ4v) is 2.33. The average Bonchev–Trinajstić information content (AvgIpc) is 2.45. The number of nitrogens with zero attached hydrogens (tertiary/aromatic N) is 2. The van der Waals surface area contributed by atoms with E-state index in [0.29, 0.717) is 10.5 Å². The van der Waals surface area contributed by atoms with Gasteiger partial charge in [0.05, 0.1) is 0 Å². The van der Waals surface area contributed by atoms with Crippen LogP contribution in [0.25, 0.3) is 0 Å². The Hall–Kier alpha value is -2.03. The van der Waals surface area contributed by atoms with E-state index in [9.17, 15) is 27.7 Å². The molecule has 0 aliphatic carbocycles. The Balaban J connectivity index is 2.52. The molecule has 0 N–H and O–H groups in total. The lowest BCUT2D eigenvalue weighted by Gasteiger charge is -2.24. The third kappa shape index (κ3) is 3.84. The van der Waals surface area contributed by atoms with Gasteiger partial charge in [0.1, 0.15) is 23.2 Å². The van der Waals surface area contributed by atoms with Gasteiger partial charge in [-0.05, 0) is 34.1 Å². The molecule has 0 spiro atoms. The molecule has 0 bridgehead atoms. The fourth-order valence-electron chi connectivity index (χ4n) is 2.09. The number of pyridine rings is 1. The highest BCUT2D eigenvalue weighted by atomic mass is 79.9. The summed E-state index contributed by atoms with van der Waals surface area (Å²) in [6.45, 7) is -1.23. The molecule has 2 aromatic rings. The van der Waals surface area contributed by atoms with Crippen molar-refractivity contribution in [2.75, 3.05) is 6.54 Å². The van der Waals surface area contributed by atoms with Crippen molar-refractivity contribution >= 4 is 15.9 Å². The van der Waals surface area contributed by atoms with Crippen LogP contribution in [0.4, 0.5) is 17.6 Å². The van der Waals surface area contributed by atoms with E-state index < -0.39 is 46.2 Å². The van der Waals surface area contributed by atoms with Gasteiger partial charge in [-0.15, -0.1) is 0 Å². The van der Waals surface area contributed by atoms with Crippen LogP contribution in [0.2, 0.25) is 0 Å². The van der Waals surface area contributed by atoms with Crippen LogP contribution in [0.15, 0.2) is 41.0 Å². The third-order valence-electron chi connectivity index (χ3n) is 3.18. The molecule has 0 saturated carbocycles. The number of rotatable bonds is 5. The van der Waals surface area contributed by atoms with E-state index in [4.69, 9.17) is 0 Å². The van der Waals surface area contributed by atoms with Crippen molar-refractivity contribution in [3.63, 3.8) is 0 Å². The molecule has 1 aromatic carbocycles. The quantitative estimate of drug-likeness (QED) is 0.433. The number of hydrogen-bond donors (Lipinski definition) is 0. The van der Waals surface area contributed by atoms with E-state index in [-0.39, 0.29) is 0 Å². The molecule has 122 valence electrons. The van der Waals surface area contributed by atoms with Gasteiger partial charge >= 0.3 is 5.92 Å². The van der Waals surface area contributed by atoms with Crippen LogP contribution in [0.1, 0.15) is 17.2 Å². The minimum Gasteiger partial charge on any atom is -0.265 e. The smallest absolute Gasteiger partial charge is 0.265 e. The number of aromatic nitrogens is 1. The number of hydrogen-bond acceptors (Lipinski definition) is 3. The van der Waals surface area contributed by atoms with E-state index in [1.54, 1.807) is 0 Å². The summed E-state index contributed by atoms with van der Waals surface area (Å²) in [5, 5.41) is 10.7. The normalized spacial score (nSPS) is 12.9. The van der Waals surface area contributed by atoms with E-state index in [1.165, 1.54) is 6.07 Å².